The molecular weight excluding hydrogens is 268 g/mol. The first-order valence-electron chi connectivity index (χ1n) is 7.13. The van der Waals surface area contributed by atoms with Crippen molar-refractivity contribution in [2.45, 2.75) is 44.2 Å². The monoisotopic (exact) mass is 287 g/mol. The van der Waals surface area contributed by atoms with Crippen LogP contribution in [0.2, 0.25) is 0 Å². The van der Waals surface area contributed by atoms with E-state index < -0.39 is 35.7 Å². The van der Waals surface area contributed by atoms with E-state index in [4.69, 9.17) is 0 Å². The average molecular weight is 287 g/mol. The van der Waals surface area contributed by atoms with Crippen molar-refractivity contribution < 1.29 is 18.4 Å². The Balaban J connectivity index is 1.49. The van der Waals surface area contributed by atoms with Crippen molar-refractivity contribution >= 4 is 11.9 Å². The first kappa shape index (κ1) is 13.7. The van der Waals surface area contributed by atoms with Crippen molar-refractivity contribution in [2.24, 2.45) is 11.8 Å². The Kier molecular flexibility index (Phi) is 3.19. The van der Waals surface area contributed by atoms with Crippen LogP contribution in [-0.4, -0.2) is 47.9 Å². The number of nitrogens with zero attached hydrogens (tertiary/aromatic N) is 1. The molecule has 0 aromatic rings. The molecule has 0 radical (unpaired) electrons. The van der Waals surface area contributed by atoms with Crippen molar-refractivity contribution in [3.05, 3.63) is 0 Å². The molecule has 1 saturated heterocycles. The summed E-state index contributed by atoms with van der Waals surface area (Å²) in [5.41, 5.74) is 0. The van der Waals surface area contributed by atoms with Gasteiger partial charge in [0.1, 0.15) is 0 Å². The Hall–Kier alpha value is -1.24. The molecule has 0 aromatic heterocycles. The quantitative estimate of drug-likeness (QED) is 0.812. The number of carbonyl (C=O) groups is 2. The fourth-order valence-corrected chi connectivity index (χ4v) is 2.94. The fourth-order valence-electron chi connectivity index (χ4n) is 2.94. The molecule has 20 heavy (non-hydrogen) atoms. The number of hydrogen-bond donors (Lipinski definition) is 2. The zero-order valence-corrected chi connectivity index (χ0v) is 11.4. The Morgan fingerprint density at radius 3 is 2.55 bits per heavy atom. The van der Waals surface area contributed by atoms with Crippen LogP contribution < -0.4 is 10.6 Å². The fraction of sp³-hybridized carbons (Fsp3) is 0.846. The Morgan fingerprint density at radius 2 is 1.95 bits per heavy atom. The van der Waals surface area contributed by atoms with Gasteiger partial charge in [0.05, 0.1) is 6.04 Å². The van der Waals surface area contributed by atoms with E-state index >= 15 is 0 Å². The number of piperidine rings is 1. The first-order valence-corrected chi connectivity index (χ1v) is 7.13. The molecule has 3 unspecified atom stereocenters. The van der Waals surface area contributed by atoms with E-state index in [1.54, 1.807) is 11.8 Å². The molecule has 0 spiro atoms. The summed E-state index contributed by atoms with van der Waals surface area (Å²) in [6, 6.07) is -0.868. The van der Waals surface area contributed by atoms with E-state index in [0.29, 0.717) is 13.0 Å². The lowest BCUT2D eigenvalue weighted by Crippen LogP contribution is -2.51. The SMILES string of the molecule is CC(C(=O)NC(=O)NC1CC1)N1CCC2C(C1)C2(F)F. The van der Waals surface area contributed by atoms with Crippen LogP contribution in [0.25, 0.3) is 0 Å². The average Bonchev–Trinajstić information content (AvgIpc) is 3.28. The van der Waals surface area contributed by atoms with Gasteiger partial charge in [-0.05, 0) is 32.7 Å². The van der Waals surface area contributed by atoms with E-state index in [1.807, 2.05) is 0 Å². The van der Waals surface area contributed by atoms with E-state index in [2.05, 4.69) is 10.6 Å². The highest BCUT2D eigenvalue weighted by molar-refractivity contribution is 5.97. The minimum Gasteiger partial charge on any atom is -0.335 e. The highest BCUT2D eigenvalue weighted by atomic mass is 19.3. The summed E-state index contributed by atoms with van der Waals surface area (Å²) in [5.74, 6) is -4.11. The molecular formula is C13H19F2N3O2. The van der Waals surface area contributed by atoms with Crippen molar-refractivity contribution in [2.75, 3.05) is 13.1 Å². The maximum atomic E-state index is 13.3. The molecule has 3 rings (SSSR count). The lowest BCUT2D eigenvalue weighted by Gasteiger charge is -2.30. The topological polar surface area (TPSA) is 61.4 Å². The van der Waals surface area contributed by atoms with Gasteiger partial charge >= 0.3 is 6.03 Å². The maximum absolute atomic E-state index is 13.3. The van der Waals surface area contributed by atoms with Gasteiger partial charge in [-0.25, -0.2) is 13.6 Å². The van der Waals surface area contributed by atoms with Gasteiger partial charge in [0.25, 0.3) is 5.92 Å². The predicted molar refractivity (Wildman–Crippen MR) is 67.3 cm³/mol. The number of rotatable bonds is 3. The third-order valence-electron chi connectivity index (χ3n) is 4.60. The number of hydrogen-bond acceptors (Lipinski definition) is 3. The van der Waals surface area contributed by atoms with E-state index in [9.17, 15) is 18.4 Å². The van der Waals surface area contributed by atoms with Crippen molar-refractivity contribution in [3.63, 3.8) is 0 Å². The highest BCUT2D eigenvalue weighted by Crippen LogP contribution is 2.59. The zero-order valence-electron chi connectivity index (χ0n) is 11.4. The summed E-state index contributed by atoms with van der Waals surface area (Å²) in [7, 11) is 0. The number of halogens is 2. The van der Waals surface area contributed by atoms with Crippen LogP contribution in [0.1, 0.15) is 26.2 Å². The molecule has 0 bridgehead atoms. The smallest absolute Gasteiger partial charge is 0.321 e. The number of nitrogens with one attached hydrogen (secondary N) is 2. The van der Waals surface area contributed by atoms with Gasteiger partial charge in [-0.2, -0.15) is 0 Å². The van der Waals surface area contributed by atoms with Crippen molar-refractivity contribution in [1.82, 2.24) is 15.5 Å². The number of urea groups is 1. The maximum Gasteiger partial charge on any atom is 0.321 e. The Labute approximate surface area is 116 Å². The lowest BCUT2D eigenvalue weighted by molar-refractivity contribution is -0.125. The second kappa shape index (κ2) is 4.65. The predicted octanol–water partition coefficient (Wildman–Crippen LogP) is 0.950. The normalized spacial score (nSPS) is 33.0. The van der Waals surface area contributed by atoms with E-state index in [-0.39, 0.29) is 12.6 Å². The van der Waals surface area contributed by atoms with Crippen molar-refractivity contribution in [3.8, 4) is 0 Å². The Bertz CT molecular complexity index is 439. The molecule has 2 aliphatic carbocycles. The highest BCUT2D eigenvalue weighted by Gasteiger charge is 2.69. The van der Waals surface area contributed by atoms with Crippen LogP contribution in [0.15, 0.2) is 0 Å². The summed E-state index contributed by atoms with van der Waals surface area (Å²) < 4.78 is 26.6. The molecule has 2 N–H and O–H groups in total. The summed E-state index contributed by atoms with van der Waals surface area (Å²) in [4.78, 5) is 25.2. The number of imide groups is 1. The first-order chi connectivity index (χ1) is 9.39. The molecule has 3 fully saturated rings. The van der Waals surface area contributed by atoms with Gasteiger partial charge in [0.15, 0.2) is 0 Å². The molecule has 3 amide bonds. The number of carbonyl (C=O) groups excluding carboxylic acids is 2. The minimum absolute atomic E-state index is 0.180. The molecule has 1 heterocycles. The lowest BCUT2D eigenvalue weighted by atomic mass is 10.1. The molecule has 5 nitrogen and oxygen atoms in total. The van der Waals surface area contributed by atoms with Crippen LogP contribution in [0, 0.1) is 11.8 Å². The van der Waals surface area contributed by atoms with Crippen LogP contribution >= 0.6 is 0 Å². The van der Waals surface area contributed by atoms with Gasteiger partial charge in [0.2, 0.25) is 5.91 Å². The Morgan fingerprint density at radius 1 is 1.25 bits per heavy atom. The summed E-state index contributed by atoms with van der Waals surface area (Å²) in [5, 5.41) is 4.94. The number of alkyl halides is 2. The van der Waals surface area contributed by atoms with Gasteiger partial charge in [0, 0.05) is 24.4 Å². The van der Waals surface area contributed by atoms with E-state index in [1.165, 1.54) is 0 Å². The standard InChI is InChI=1S/C13H19F2N3O2/c1-7(11(19)17-12(20)16-8-2-3-8)18-5-4-9-10(6-18)13(9,14)15/h7-10H,2-6H2,1H3,(H2,16,17,19,20). The second-order valence-electron chi connectivity index (χ2n) is 6.08. The minimum atomic E-state index is -2.56. The molecule has 3 atom stereocenters. The van der Waals surface area contributed by atoms with Crippen LogP contribution in [0.4, 0.5) is 13.6 Å². The summed E-state index contributed by atoms with van der Waals surface area (Å²) >= 11 is 0. The summed E-state index contributed by atoms with van der Waals surface area (Å²) in [6.07, 6.45) is 2.31. The van der Waals surface area contributed by atoms with Gasteiger partial charge < -0.3 is 5.32 Å². The van der Waals surface area contributed by atoms with Gasteiger partial charge in [-0.15, -0.1) is 0 Å². The molecule has 0 aromatic carbocycles. The largest absolute Gasteiger partial charge is 0.335 e. The molecule has 112 valence electrons. The summed E-state index contributed by atoms with van der Waals surface area (Å²) in [6.45, 7) is 2.37. The van der Waals surface area contributed by atoms with Crippen LogP contribution in [-0.2, 0) is 4.79 Å². The van der Waals surface area contributed by atoms with E-state index in [0.717, 1.165) is 12.8 Å². The third-order valence-corrected chi connectivity index (χ3v) is 4.60. The number of likely N-dealkylation sites (tertiary alicyclic amines) is 1. The molecule has 7 heteroatoms. The van der Waals surface area contributed by atoms with Crippen LogP contribution in [0.3, 0.4) is 0 Å². The number of fused-ring (bicyclic) bond motifs is 1. The number of amides is 3. The molecule has 3 aliphatic rings. The van der Waals surface area contributed by atoms with Gasteiger partial charge in [-0.3, -0.25) is 15.0 Å². The second-order valence-corrected chi connectivity index (χ2v) is 6.08. The molecule has 2 saturated carbocycles. The van der Waals surface area contributed by atoms with Crippen LogP contribution in [0.5, 0.6) is 0 Å². The third kappa shape index (κ3) is 2.51. The van der Waals surface area contributed by atoms with Crippen molar-refractivity contribution in [1.29, 1.82) is 0 Å². The zero-order chi connectivity index (χ0) is 14.5. The van der Waals surface area contributed by atoms with Gasteiger partial charge in [-0.1, -0.05) is 0 Å². The molecule has 1 aliphatic heterocycles.